The van der Waals surface area contributed by atoms with Gasteiger partial charge in [0.2, 0.25) is 0 Å². The van der Waals surface area contributed by atoms with Crippen LogP contribution in [-0.2, 0) is 11.0 Å². The molecule has 7 heteroatoms. The van der Waals surface area contributed by atoms with Crippen molar-refractivity contribution in [1.29, 1.82) is 0 Å². The average molecular weight is 350 g/mol. The average Bonchev–Trinajstić information content (AvgIpc) is 2.58. The highest BCUT2D eigenvalue weighted by Crippen LogP contribution is 2.29. The van der Waals surface area contributed by atoms with Gasteiger partial charge in [-0.1, -0.05) is 30.3 Å². The Morgan fingerprint density at radius 3 is 2.36 bits per heavy atom. The molecule has 4 nitrogen and oxygen atoms in total. The largest absolute Gasteiger partial charge is 0.482 e. The molecule has 0 spiro atoms. The molecule has 0 saturated heterocycles. The molecule has 25 heavy (non-hydrogen) atoms. The lowest BCUT2D eigenvalue weighted by Gasteiger charge is -2.07. The fourth-order valence-electron chi connectivity index (χ4n) is 1.94. The number of rotatable bonds is 6. The van der Waals surface area contributed by atoms with Crippen LogP contribution in [-0.4, -0.2) is 23.5 Å². The number of ketones is 1. The summed E-state index contributed by atoms with van der Waals surface area (Å²) in [5, 5.41) is 8.51. The van der Waals surface area contributed by atoms with Gasteiger partial charge in [0.25, 0.3) is 0 Å². The van der Waals surface area contributed by atoms with Crippen molar-refractivity contribution >= 4 is 17.8 Å². The molecule has 0 atom stereocenters. The molecule has 0 aliphatic heterocycles. The Bertz CT molecular complexity index is 793. The zero-order valence-electron chi connectivity index (χ0n) is 12.8. The minimum Gasteiger partial charge on any atom is -0.482 e. The van der Waals surface area contributed by atoms with E-state index in [0.717, 1.165) is 12.1 Å². The highest BCUT2D eigenvalue weighted by atomic mass is 19.4. The Morgan fingerprint density at radius 1 is 1.08 bits per heavy atom. The van der Waals surface area contributed by atoms with Gasteiger partial charge in [0, 0.05) is 5.56 Å². The number of aliphatic carboxylic acids is 1. The Labute approximate surface area is 141 Å². The van der Waals surface area contributed by atoms with Crippen molar-refractivity contribution < 1.29 is 32.6 Å². The van der Waals surface area contributed by atoms with Crippen LogP contribution in [0.4, 0.5) is 13.2 Å². The SMILES string of the molecule is O=C(O)COc1ccc(C=CC(=O)c2cccc(C(F)(F)F)c2)cc1. The molecule has 0 saturated carbocycles. The van der Waals surface area contributed by atoms with E-state index in [0.29, 0.717) is 11.3 Å². The summed E-state index contributed by atoms with van der Waals surface area (Å²) >= 11 is 0. The van der Waals surface area contributed by atoms with Gasteiger partial charge in [0.15, 0.2) is 12.4 Å². The summed E-state index contributed by atoms with van der Waals surface area (Å²) in [6.45, 7) is -0.469. The zero-order chi connectivity index (χ0) is 18.4. The summed E-state index contributed by atoms with van der Waals surface area (Å²) in [5.74, 6) is -1.31. The van der Waals surface area contributed by atoms with Crippen molar-refractivity contribution in [2.45, 2.75) is 6.18 Å². The number of carbonyl (C=O) groups is 2. The topological polar surface area (TPSA) is 63.6 Å². The highest BCUT2D eigenvalue weighted by molar-refractivity contribution is 6.06. The third-order valence-electron chi connectivity index (χ3n) is 3.14. The summed E-state index contributed by atoms with van der Waals surface area (Å²) < 4.78 is 42.9. The van der Waals surface area contributed by atoms with Crippen LogP contribution in [0.3, 0.4) is 0 Å². The number of ether oxygens (including phenoxy) is 1. The van der Waals surface area contributed by atoms with E-state index < -0.39 is 30.1 Å². The van der Waals surface area contributed by atoms with Crippen molar-refractivity contribution in [2.24, 2.45) is 0 Å². The predicted octanol–water partition coefficient (Wildman–Crippen LogP) is 4.06. The lowest BCUT2D eigenvalue weighted by atomic mass is 10.1. The van der Waals surface area contributed by atoms with Gasteiger partial charge in [-0.15, -0.1) is 0 Å². The Balaban J connectivity index is 2.06. The number of carboxylic acids is 1. The van der Waals surface area contributed by atoms with Gasteiger partial charge in [0.05, 0.1) is 5.56 Å². The van der Waals surface area contributed by atoms with E-state index in [1.165, 1.54) is 36.4 Å². The van der Waals surface area contributed by atoms with Gasteiger partial charge < -0.3 is 9.84 Å². The molecule has 2 aromatic rings. The maximum atomic E-state index is 12.7. The number of allylic oxidation sites excluding steroid dienone is 1. The lowest BCUT2D eigenvalue weighted by Crippen LogP contribution is -2.09. The molecule has 2 aromatic carbocycles. The highest BCUT2D eigenvalue weighted by Gasteiger charge is 2.30. The number of halogens is 3. The fourth-order valence-corrected chi connectivity index (χ4v) is 1.94. The van der Waals surface area contributed by atoms with E-state index >= 15 is 0 Å². The molecule has 0 aromatic heterocycles. The van der Waals surface area contributed by atoms with Gasteiger partial charge in [-0.2, -0.15) is 13.2 Å². The van der Waals surface area contributed by atoms with E-state index in [-0.39, 0.29) is 5.56 Å². The molecule has 0 unspecified atom stereocenters. The van der Waals surface area contributed by atoms with Crippen molar-refractivity contribution in [3.63, 3.8) is 0 Å². The molecule has 130 valence electrons. The number of carboxylic acid groups (broad SMARTS) is 1. The quantitative estimate of drug-likeness (QED) is 0.630. The second kappa shape index (κ2) is 7.65. The van der Waals surface area contributed by atoms with E-state index in [9.17, 15) is 22.8 Å². The normalized spacial score (nSPS) is 11.5. The smallest absolute Gasteiger partial charge is 0.416 e. The molecule has 0 radical (unpaired) electrons. The third kappa shape index (κ3) is 5.49. The van der Waals surface area contributed by atoms with Crippen LogP contribution in [0.1, 0.15) is 21.5 Å². The monoisotopic (exact) mass is 350 g/mol. The van der Waals surface area contributed by atoms with Gasteiger partial charge in [-0.05, 0) is 35.9 Å². The Morgan fingerprint density at radius 2 is 1.76 bits per heavy atom. The van der Waals surface area contributed by atoms with Crippen molar-refractivity contribution in [3.8, 4) is 5.75 Å². The zero-order valence-corrected chi connectivity index (χ0v) is 12.8. The molecule has 0 aliphatic rings. The Hall–Kier alpha value is -3.09. The van der Waals surface area contributed by atoms with E-state index in [1.807, 2.05) is 0 Å². The summed E-state index contributed by atoms with van der Waals surface area (Å²) in [4.78, 5) is 22.4. The van der Waals surface area contributed by atoms with Crippen LogP contribution in [0.25, 0.3) is 6.08 Å². The molecule has 0 heterocycles. The van der Waals surface area contributed by atoms with Crippen LogP contribution >= 0.6 is 0 Å². The maximum Gasteiger partial charge on any atom is 0.416 e. The molecule has 0 amide bonds. The van der Waals surface area contributed by atoms with Gasteiger partial charge in [-0.25, -0.2) is 4.79 Å². The van der Waals surface area contributed by atoms with Crippen LogP contribution in [0.15, 0.2) is 54.6 Å². The van der Waals surface area contributed by atoms with E-state index in [4.69, 9.17) is 9.84 Å². The number of alkyl halides is 3. The number of benzene rings is 2. The number of hydrogen-bond donors (Lipinski definition) is 1. The number of hydrogen-bond acceptors (Lipinski definition) is 3. The standard InChI is InChI=1S/C18H13F3O4/c19-18(20,21)14-3-1-2-13(10-14)16(22)9-6-12-4-7-15(8-5-12)25-11-17(23)24/h1-10H,11H2,(H,23,24). The van der Waals surface area contributed by atoms with Crippen LogP contribution in [0, 0.1) is 0 Å². The minimum absolute atomic E-state index is 0.0625. The number of carbonyl (C=O) groups excluding carboxylic acids is 1. The summed E-state index contributed by atoms with van der Waals surface area (Å²) in [5.41, 5.74) is -0.331. The van der Waals surface area contributed by atoms with Crippen LogP contribution in [0.5, 0.6) is 5.75 Å². The van der Waals surface area contributed by atoms with Gasteiger partial charge in [0.1, 0.15) is 5.75 Å². The lowest BCUT2D eigenvalue weighted by molar-refractivity contribution is -0.139. The second-order valence-corrected chi connectivity index (χ2v) is 5.03. The molecule has 0 bridgehead atoms. The molecule has 0 aliphatic carbocycles. The second-order valence-electron chi connectivity index (χ2n) is 5.03. The predicted molar refractivity (Wildman–Crippen MR) is 84.4 cm³/mol. The van der Waals surface area contributed by atoms with Gasteiger partial charge in [-0.3, -0.25) is 4.79 Å². The van der Waals surface area contributed by atoms with Crippen LogP contribution in [0.2, 0.25) is 0 Å². The van der Waals surface area contributed by atoms with Gasteiger partial charge >= 0.3 is 12.1 Å². The molecule has 2 rings (SSSR count). The Kier molecular flexibility index (Phi) is 5.59. The van der Waals surface area contributed by atoms with Crippen molar-refractivity contribution in [3.05, 3.63) is 71.3 Å². The first-order valence-electron chi connectivity index (χ1n) is 7.10. The molecule has 1 N–H and O–H groups in total. The first-order valence-corrected chi connectivity index (χ1v) is 7.10. The van der Waals surface area contributed by atoms with Crippen molar-refractivity contribution in [2.75, 3.05) is 6.61 Å². The summed E-state index contributed by atoms with van der Waals surface area (Å²) in [7, 11) is 0. The molecular weight excluding hydrogens is 337 g/mol. The third-order valence-corrected chi connectivity index (χ3v) is 3.14. The summed E-state index contributed by atoms with van der Waals surface area (Å²) in [6.07, 6.45) is -1.89. The fraction of sp³-hybridized carbons (Fsp3) is 0.111. The van der Waals surface area contributed by atoms with Crippen LogP contribution < -0.4 is 4.74 Å². The first-order chi connectivity index (χ1) is 11.8. The van der Waals surface area contributed by atoms with E-state index in [2.05, 4.69) is 0 Å². The first kappa shape index (κ1) is 18.3. The molecule has 0 fully saturated rings. The maximum absolute atomic E-state index is 12.7. The summed E-state index contributed by atoms with van der Waals surface area (Å²) in [6, 6.07) is 10.4. The minimum atomic E-state index is -4.51. The molecular formula is C18H13F3O4. The van der Waals surface area contributed by atoms with E-state index in [1.54, 1.807) is 12.1 Å². The van der Waals surface area contributed by atoms with Crippen molar-refractivity contribution in [1.82, 2.24) is 0 Å².